The lowest BCUT2D eigenvalue weighted by atomic mass is 9.98. The zero-order valence-electron chi connectivity index (χ0n) is 13.4. The van der Waals surface area contributed by atoms with E-state index in [4.69, 9.17) is 5.73 Å². The minimum atomic E-state index is 0.0446. The first-order valence-electron chi connectivity index (χ1n) is 7.84. The number of carbonyl (C=O) groups excluding carboxylic acids is 1. The molecule has 0 saturated carbocycles. The van der Waals surface area contributed by atoms with Crippen molar-refractivity contribution >= 4 is 21.8 Å². The molecule has 5 nitrogen and oxygen atoms in total. The highest BCUT2D eigenvalue weighted by Gasteiger charge is 2.29. The first-order valence-corrected chi connectivity index (χ1v) is 8.64. The Hall–Kier alpha value is -1.66. The zero-order chi connectivity index (χ0) is 16.6. The van der Waals surface area contributed by atoms with Crippen molar-refractivity contribution in [3.8, 4) is 5.69 Å². The van der Waals surface area contributed by atoms with E-state index in [1.165, 1.54) is 0 Å². The number of likely N-dealkylation sites (tertiary alicyclic amines) is 1. The lowest BCUT2D eigenvalue weighted by molar-refractivity contribution is 0.0618. The molecule has 1 fully saturated rings. The Morgan fingerprint density at radius 3 is 2.91 bits per heavy atom. The molecule has 23 heavy (non-hydrogen) atoms. The second-order valence-corrected chi connectivity index (χ2v) is 7.08. The van der Waals surface area contributed by atoms with Gasteiger partial charge in [0.15, 0.2) is 0 Å². The molecule has 2 N–H and O–H groups in total. The van der Waals surface area contributed by atoms with Crippen LogP contribution in [0.15, 0.2) is 34.9 Å². The minimum absolute atomic E-state index is 0.0446. The molecule has 0 unspecified atom stereocenters. The molecule has 1 saturated heterocycles. The number of aromatic nitrogens is 2. The van der Waals surface area contributed by atoms with Crippen LogP contribution in [-0.2, 0) is 0 Å². The molecule has 122 valence electrons. The SMILES string of the molecule is Cc1c(C(=O)N2CC[C@@H](N)C[C@H]2C)cnn1-c1cccc(Br)c1. The van der Waals surface area contributed by atoms with Gasteiger partial charge in [-0.05, 0) is 44.9 Å². The van der Waals surface area contributed by atoms with Crippen LogP contribution < -0.4 is 5.73 Å². The Morgan fingerprint density at radius 1 is 1.43 bits per heavy atom. The van der Waals surface area contributed by atoms with Gasteiger partial charge in [-0.2, -0.15) is 5.10 Å². The molecule has 2 atom stereocenters. The highest BCUT2D eigenvalue weighted by Crippen LogP contribution is 2.22. The second-order valence-electron chi connectivity index (χ2n) is 6.17. The average Bonchev–Trinajstić information content (AvgIpc) is 2.88. The van der Waals surface area contributed by atoms with E-state index in [2.05, 4.69) is 28.0 Å². The van der Waals surface area contributed by atoms with Gasteiger partial charge < -0.3 is 10.6 Å². The summed E-state index contributed by atoms with van der Waals surface area (Å²) >= 11 is 3.47. The average molecular weight is 377 g/mol. The van der Waals surface area contributed by atoms with Gasteiger partial charge in [0.2, 0.25) is 0 Å². The Kier molecular flexibility index (Phi) is 4.55. The van der Waals surface area contributed by atoms with Crippen LogP contribution in [0.4, 0.5) is 0 Å². The molecule has 2 aromatic rings. The molecule has 6 heteroatoms. The summed E-state index contributed by atoms with van der Waals surface area (Å²) in [5, 5.41) is 4.41. The van der Waals surface area contributed by atoms with Gasteiger partial charge in [0.25, 0.3) is 5.91 Å². The fraction of sp³-hybridized carbons (Fsp3) is 0.412. The van der Waals surface area contributed by atoms with E-state index in [-0.39, 0.29) is 18.0 Å². The first kappa shape index (κ1) is 16.2. The van der Waals surface area contributed by atoms with E-state index in [1.54, 1.807) is 10.9 Å². The standard InChI is InChI=1S/C17H21BrN4O/c1-11-8-14(19)6-7-21(11)17(23)16-10-20-22(12(16)2)15-5-3-4-13(18)9-15/h3-5,9-11,14H,6-8,19H2,1-2H3/t11-,14-/m1/s1. The number of nitrogens with zero attached hydrogens (tertiary/aromatic N) is 3. The summed E-state index contributed by atoms with van der Waals surface area (Å²) in [5.41, 5.74) is 8.44. The lowest BCUT2D eigenvalue weighted by Gasteiger charge is -2.36. The van der Waals surface area contributed by atoms with Crippen LogP contribution in [0, 0.1) is 6.92 Å². The third kappa shape index (κ3) is 3.19. The summed E-state index contributed by atoms with van der Waals surface area (Å²) in [5.74, 6) is 0.0446. The summed E-state index contributed by atoms with van der Waals surface area (Å²) in [6.07, 6.45) is 3.37. The third-order valence-electron chi connectivity index (χ3n) is 4.47. The van der Waals surface area contributed by atoms with E-state index >= 15 is 0 Å². The summed E-state index contributed by atoms with van der Waals surface area (Å²) in [6, 6.07) is 8.24. The zero-order valence-corrected chi connectivity index (χ0v) is 15.0. The minimum Gasteiger partial charge on any atom is -0.336 e. The number of hydrogen-bond donors (Lipinski definition) is 1. The summed E-state index contributed by atoms with van der Waals surface area (Å²) in [7, 11) is 0. The normalized spacial score (nSPS) is 21.5. The van der Waals surface area contributed by atoms with Gasteiger partial charge in [0.05, 0.1) is 23.1 Å². The summed E-state index contributed by atoms with van der Waals surface area (Å²) in [6.45, 7) is 4.70. The van der Waals surface area contributed by atoms with Crippen molar-refractivity contribution in [2.45, 2.75) is 38.8 Å². The van der Waals surface area contributed by atoms with Gasteiger partial charge in [-0.3, -0.25) is 4.79 Å². The number of amides is 1. The molecule has 1 amide bonds. The largest absolute Gasteiger partial charge is 0.336 e. The van der Waals surface area contributed by atoms with Crippen molar-refractivity contribution in [1.82, 2.24) is 14.7 Å². The van der Waals surface area contributed by atoms with E-state index in [1.807, 2.05) is 36.1 Å². The maximum absolute atomic E-state index is 12.9. The Bertz CT molecular complexity index is 727. The number of carbonyl (C=O) groups is 1. The Labute approximate surface area is 144 Å². The van der Waals surface area contributed by atoms with Crippen LogP contribution >= 0.6 is 15.9 Å². The Balaban J connectivity index is 1.88. The third-order valence-corrected chi connectivity index (χ3v) is 4.96. The molecule has 1 aromatic heterocycles. The van der Waals surface area contributed by atoms with E-state index in [9.17, 15) is 4.79 Å². The summed E-state index contributed by atoms with van der Waals surface area (Å²) in [4.78, 5) is 14.8. The van der Waals surface area contributed by atoms with Crippen LogP contribution in [0.25, 0.3) is 5.69 Å². The summed E-state index contributed by atoms with van der Waals surface area (Å²) < 4.78 is 2.79. The number of nitrogens with two attached hydrogens (primary N) is 1. The van der Waals surface area contributed by atoms with E-state index in [0.29, 0.717) is 12.1 Å². The van der Waals surface area contributed by atoms with Crippen molar-refractivity contribution in [2.75, 3.05) is 6.54 Å². The highest BCUT2D eigenvalue weighted by molar-refractivity contribution is 9.10. The number of halogens is 1. The Morgan fingerprint density at radius 2 is 2.22 bits per heavy atom. The molecule has 0 spiro atoms. The molecule has 0 bridgehead atoms. The molecule has 3 rings (SSSR count). The quantitative estimate of drug-likeness (QED) is 0.876. The fourth-order valence-electron chi connectivity index (χ4n) is 3.15. The maximum atomic E-state index is 12.9. The first-order chi connectivity index (χ1) is 11.0. The van der Waals surface area contributed by atoms with Crippen molar-refractivity contribution in [3.05, 3.63) is 46.2 Å². The fourth-order valence-corrected chi connectivity index (χ4v) is 3.54. The van der Waals surface area contributed by atoms with Gasteiger partial charge in [0.1, 0.15) is 0 Å². The van der Waals surface area contributed by atoms with Gasteiger partial charge in [-0.1, -0.05) is 22.0 Å². The van der Waals surface area contributed by atoms with Crippen molar-refractivity contribution in [3.63, 3.8) is 0 Å². The molecule has 1 aromatic carbocycles. The molecule has 0 radical (unpaired) electrons. The number of hydrogen-bond acceptors (Lipinski definition) is 3. The number of rotatable bonds is 2. The van der Waals surface area contributed by atoms with Crippen molar-refractivity contribution in [1.29, 1.82) is 0 Å². The molecular formula is C17H21BrN4O. The van der Waals surface area contributed by atoms with Gasteiger partial charge in [-0.15, -0.1) is 0 Å². The van der Waals surface area contributed by atoms with Gasteiger partial charge in [0, 0.05) is 23.1 Å². The second kappa shape index (κ2) is 6.45. The van der Waals surface area contributed by atoms with Crippen LogP contribution in [0.2, 0.25) is 0 Å². The lowest BCUT2D eigenvalue weighted by Crippen LogP contribution is -2.48. The maximum Gasteiger partial charge on any atom is 0.257 e. The van der Waals surface area contributed by atoms with E-state index < -0.39 is 0 Å². The molecule has 1 aliphatic heterocycles. The van der Waals surface area contributed by atoms with Crippen LogP contribution in [0.5, 0.6) is 0 Å². The van der Waals surface area contributed by atoms with Crippen molar-refractivity contribution in [2.24, 2.45) is 5.73 Å². The number of piperidine rings is 1. The van der Waals surface area contributed by atoms with Crippen LogP contribution in [0.3, 0.4) is 0 Å². The smallest absolute Gasteiger partial charge is 0.257 e. The monoisotopic (exact) mass is 376 g/mol. The van der Waals surface area contributed by atoms with Crippen LogP contribution in [-0.4, -0.2) is 39.2 Å². The molecule has 1 aliphatic rings. The molecule has 2 heterocycles. The van der Waals surface area contributed by atoms with E-state index in [0.717, 1.165) is 28.7 Å². The molecular weight excluding hydrogens is 356 g/mol. The van der Waals surface area contributed by atoms with Crippen LogP contribution in [0.1, 0.15) is 35.8 Å². The van der Waals surface area contributed by atoms with Gasteiger partial charge in [-0.25, -0.2) is 4.68 Å². The predicted molar refractivity (Wildman–Crippen MR) is 93.7 cm³/mol. The number of benzene rings is 1. The van der Waals surface area contributed by atoms with Gasteiger partial charge >= 0.3 is 0 Å². The van der Waals surface area contributed by atoms with Crippen molar-refractivity contribution < 1.29 is 4.79 Å². The predicted octanol–water partition coefficient (Wildman–Crippen LogP) is 2.90. The topological polar surface area (TPSA) is 64.2 Å². The molecule has 0 aliphatic carbocycles. The highest BCUT2D eigenvalue weighted by atomic mass is 79.9.